The van der Waals surface area contributed by atoms with Crippen LogP contribution in [0.2, 0.25) is 0 Å². The van der Waals surface area contributed by atoms with Crippen molar-refractivity contribution >= 4 is 23.5 Å². The summed E-state index contributed by atoms with van der Waals surface area (Å²) >= 11 is 1.34. The highest BCUT2D eigenvalue weighted by Gasteiger charge is 2.37. The van der Waals surface area contributed by atoms with Gasteiger partial charge in [0, 0.05) is 11.9 Å². The Kier molecular flexibility index (Phi) is 5.13. The molecular weight excluding hydrogens is 352 g/mol. The zero-order valence-electron chi connectivity index (χ0n) is 15.0. The van der Waals surface area contributed by atoms with Gasteiger partial charge in [-0.15, -0.1) is 0 Å². The molecule has 8 heteroatoms. The van der Waals surface area contributed by atoms with E-state index >= 15 is 0 Å². The fraction of sp³-hybridized carbons (Fsp3) is 0.333. The zero-order chi connectivity index (χ0) is 18.8. The Hall–Kier alpha value is -2.61. The minimum absolute atomic E-state index is 0.274. The Bertz CT molecular complexity index is 922. The van der Waals surface area contributed by atoms with E-state index in [1.807, 2.05) is 12.3 Å². The molecule has 3 heterocycles. The highest BCUT2D eigenvalue weighted by Crippen LogP contribution is 2.39. The van der Waals surface area contributed by atoms with Gasteiger partial charge in [-0.3, -0.25) is 9.78 Å². The second kappa shape index (κ2) is 7.33. The van der Waals surface area contributed by atoms with Crippen LogP contribution in [-0.2, 0) is 9.53 Å². The molecule has 2 N–H and O–H groups in total. The van der Waals surface area contributed by atoms with Crippen LogP contribution in [0.15, 0.2) is 45.6 Å². The number of allylic oxidation sites excluding steroid dienone is 1. The Morgan fingerprint density at radius 1 is 1.35 bits per heavy atom. The topological polar surface area (TPSA) is 97.0 Å². The first-order chi connectivity index (χ1) is 12.4. The number of hydrogen-bond donors (Lipinski definition) is 2. The van der Waals surface area contributed by atoms with Crippen LogP contribution in [0.5, 0.6) is 0 Å². The number of nitrogens with zero attached hydrogens (tertiary/aromatic N) is 2. The van der Waals surface area contributed by atoms with Crippen molar-refractivity contribution in [2.24, 2.45) is 0 Å². The van der Waals surface area contributed by atoms with E-state index in [0.717, 1.165) is 0 Å². The maximum atomic E-state index is 12.8. The van der Waals surface area contributed by atoms with E-state index in [0.29, 0.717) is 33.5 Å². The summed E-state index contributed by atoms with van der Waals surface area (Å²) in [7, 11) is 0. The highest BCUT2D eigenvalue weighted by molar-refractivity contribution is 7.98. The third-order valence-electron chi connectivity index (χ3n) is 3.96. The molecule has 1 aliphatic rings. The first-order valence-electron chi connectivity index (χ1n) is 8.20. The molecule has 1 atom stereocenters. The van der Waals surface area contributed by atoms with Crippen molar-refractivity contribution in [1.29, 1.82) is 0 Å². The maximum Gasteiger partial charge on any atom is 0.337 e. The fourth-order valence-corrected chi connectivity index (χ4v) is 3.30. The Morgan fingerprint density at radius 2 is 2.12 bits per heavy atom. The number of anilines is 1. The molecule has 0 bridgehead atoms. The van der Waals surface area contributed by atoms with Gasteiger partial charge in [-0.1, -0.05) is 17.8 Å². The number of fused-ring (bicyclic) bond motifs is 1. The lowest BCUT2D eigenvalue weighted by Gasteiger charge is -2.28. The molecule has 0 amide bonds. The van der Waals surface area contributed by atoms with Gasteiger partial charge in [0.05, 0.1) is 28.9 Å². The van der Waals surface area contributed by atoms with Gasteiger partial charge in [0.25, 0.3) is 5.56 Å². The van der Waals surface area contributed by atoms with Gasteiger partial charge in [-0.2, -0.15) is 0 Å². The second-order valence-electron chi connectivity index (χ2n) is 6.14. The van der Waals surface area contributed by atoms with Crippen LogP contribution in [-0.4, -0.2) is 33.3 Å². The number of ether oxygens (including phenoxy) is 1. The summed E-state index contributed by atoms with van der Waals surface area (Å²) in [4.78, 5) is 37.1. The van der Waals surface area contributed by atoms with E-state index in [2.05, 4.69) is 20.3 Å². The lowest BCUT2D eigenvalue weighted by atomic mass is 9.85. The van der Waals surface area contributed by atoms with Gasteiger partial charge in [0.15, 0.2) is 5.16 Å². The Balaban J connectivity index is 2.23. The number of nitrogens with one attached hydrogen (secondary N) is 2. The van der Waals surface area contributed by atoms with E-state index in [-0.39, 0.29) is 11.7 Å². The number of thioether (sulfide) groups is 1. The SMILES string of the molecule is CSc1nc2c(c(=O)[nH]1)C(c1ccccn1)C(C(=O)OC(C)C)=C(C)N2. The van der Waals surface area contributed by atoms with Crippen molar-refractivity contribution < 1.29 is 9.53 Å². The standard InChI is InChI=1S/C18H20N4O3S/c1-9(2)25-17(24)12-10(3)20-15-14(16(23)22-18(21-15)26-4)13(12)11-7-5-6-8-19-11/h5-9,13H,1-4H3,(H2,20,21,22,23). The number of aromatic amines is 1. The molecule has 1 aliphatic heterocycles. The predicted octanol–water partition coefficient (Wildman–Crippen LogP) is 2.67. The largest absolute Gasteiger partial charge is 0.460 e. The molecule has 26 heavy (non-hydrogen) atoms. The number of carbonyl (C=O) groups excluding carboxylic acids is 1. The summed E-state index contributed by atoms with van der Waals surface area (Å²) in [5, 5.41) is 3.59. The molecule has 7 nitrogen and oxygen atoms in total. The van der Waals surface area contributed by atoms with Crippen molar-refractivity contribution in [3.05, 3.63) is 57.3 Å². The summed E-state index contributed by atoms with van der Waals surface area (Å²) in [5.41, 5.74) is 1.63. The van der Waals surface area contributed by atoms with E-state index < -0.39 is 11.9 Å². The second-order valence-corrected chi connectivity index (χ2v) is 6.94. The number of rotatable bonds is 4. The molecular formula is C18H20N4O3S. The van der Waals surface area contributed by atoms with E-state index in [4.69, 9.17) is 4.74 Å². The van der Waals surface area contributed by atoms with Crippen LogP contribution in [0, 0.1) is 0 Å². The summed E-state index contributed by atoms with van der Waals surface area (Å²) in [5.74, 6) is -0.683. The van der Waals surface area contributed by atoms with Crippen molar-refractivity contribution in [3.63, 3.8) is 0 Å². The molecule has 0 aliphatic carbocycles. The number of pyridine rings is 1. The maximum absolute atomic E-state index is 12.8. The van der Waals surface area contributed by atoms with Gasteiger partial charge < -0.3 is 15.0 Å². The smallest absolute Gasteiger partial charge is 0.337 e. The predicted molar refractivity (Wildman–Crippen MR) is 100 cm³/mol. The fourth-order valence-electron chi connectivity index (χ4n) is 2.92. The zero-order valence-corrected chi connectivity index (χ0v) is 15.8. The van der Waals surface area contributed by atoms with Gasteiger partial charge in [0.2, 0.25) is 0 Å². The Labute approximate surface area is 155 Å². The molecule has 0 saturated heterocycles. The summed E-state index contributed by atoms with van der Waals surface area (Å²) in [6.45, 7) is 5.34. The molecule has 2 aromatic heterocycles. The number of H-pyrrole nitrogens is 1. The number of hydrogen-bond acceptors (Lipinski definition) is 7. The van der Waals surface area contributed by atoms with Gasteiger partial charge in [-0.25, -0.2) is 9.78 Å². The van der Waals surface area contributed by atoms with Gasteiger partial charge in [-0.05, 0) is 39.2 Å². The van der Waals surface area contributed by atoms with Crippen molar-refractivity contribution in [3.8, 4) is 0 Å². The average molecular weight is 372 g/mol. The molecule has 2 aromatic rings. The lowest BCUT2D eigenvalue weighted by molar-refractivity contribution is -0.143. The number of carbonyl (C=O) groups is 1. The Morgan fingerprint density at radius 3 is 2.73 bits per heavy atom. The normalized spacial score (nSPS) is 16.3. The van der Waals surface area contributed by atoms with E-state index in [1.165, 1.54) is 11.8 Å². The lowest BCUT2D eigenvalue weighted by Crippen LogP contribution is -2.32. The molecule has 3 rings (SSSR count). The van der Waals surface area contributed by atoms with Crippen LogP contribution in [0.25, 0.3) is 0 Å². The number of esters is 1. The summed E-state index contributed by atoms with van der Waals surface area (Å²) in [6, 6.07) is 5.40. The van der Waals surface area contributed by atoms with Crippen LogP contribution >= 0.6 is 11.8 Å². The van der Waals surface area contributed by atoms with Crippen LogP contribution < -0.4 is 10.9 Å². The van der Waals surface area contributed by atoms with Crippen molar-refractivity contribution in [2.45, 2.75) is 37.9 Å². The first-order valence-corrected chi connectivity index (χ1v) is 9.42. The minimum Gasteiger partial charge on any atom is -0.460 e. The van der Waals surface area contributed by atoms with E-state index in [1.54, 1.807) is 39.1 Å². The molecule has 0 saturated carbocycles. The van der Waals surface area contributed by atoms with Crippen LogP contribution in [0.4, 0.5) is 5.82 Å². The summed E-state index contributed by atoms with van der Waals surface area (Å²) < 4.78 is 5.41. The van der Waals surface area contributed by atoms with Crippen LogP contribution in [0.3, 0.4) is 0 Å². The molecule has 0 fully saturated rings. The van der Waals surface area contributed by atoms with Crippen LogP contribution in [0.1, 0.15) is 37.9 Å². The first kappa shape index (κ1) is 18.2. The monoisotopic (exact) mass is 372 g/mol. The third kappa shape index (κ3) is 3.37. The third-order valence-corrected chi connectivity index (χ3v) is 4.54. The van der Waals surface area contributed by atoms with Gasteiger partial charge in [0.1, 0.15) is 5.82 Å². The highest BCUT2D eigenvalue weighted by atomic mass is 32.2. The van der Waals surface area contributed by atoms with Crippen molar-refractivity contribution in [2.75, 3.05) is 11.6 Å². The average Bonchev–Trinajstić information content (AvgIpc) is 2.60. The summed E-state index contributed by atoms with van der Waals surface area (Å²) in [6.07, 6.45) is 3.19. The molecule has 0 aromatic carbocycles. The molecule has 136 valence electrons. The number of aromatic nitrogens is 3. The quantitative estimate of drug-likeness (QED) is 0.484. The molecule has 0 radical (unpaired) electrons. The van der Waals surface area contributed by atoms with Crippen molar-refractivity contribution in [1.82, 2.24) is 15.0 Å². The van der Waals surface area contributed by atoms with Gasteiger partial charge >= 0.3 is 5.97 Å². The molecule has 1 unspecified atom stereocenters. The minimum atomic E-state index is -0.647. The molecule has 0 spiro atoms. The van der Waals surface area contributed by atoms with E-state index in [9.17, 15) is 9.59 Å².